The van der Waals surface area contributed by atoms with Crippen molar-refractivity contribution in [3.8, 4) is 11.5 Å². The van der Waals surface area contributed by atoms with Gasteiger partial charge in [0, 0.05) is 19.1 Å². The molecule has 5 nitrogen and oxygen atoms in total. The third-order valence-electron chi connectivity index (χ3n) is 5.50. The van der Waals surface area contributed by atoms with Crippen LogP contribution in [0.4, 0.5) is 0 Å². The van der Waals surface area contributed by atoms with E-state index in [1.54, 1.807) is 14.2 Å². The molecular weight excluding hydrogens is 356 g/mol. The highest BCUT2D eigenvalue weighted by molar-refractivity contribution is 5.85. The van der Waals surface area contributed by atoms with Crippen LogP contribution in [-0.2, 0) is 11.2 Å². The highest BCUT2D eigenvalue weighted by Crippen LogP contribution is 2.30. The molecule has 2 aliphatic rings. The summed E-state index contributed by atoms with van der Waals surface area (Å²) in [6, 6.07) is 6.51. The van der Waals surface area contributed by atoms with Crippen LogP contribution < -0.4 is 9.47 Å². The van der Waals surface area contributed by atoms with Crippen LogP contribution in [0.3, 0.4) is 0 Å². The Labute approximate surface area is 163 Å². The first-order valence-electron chi connectivity index (χ1n) is 9.46. The fourth-order valence-electron chi connectivity index (χ4n) is 4.12. The molecule has 1 saturated heterocycles. The van der Waals surface area contributed by atoms with Crippen molar-refractivity contribution in [2.45, 2.75) is 56.8 Å². The summed E-state index contributed by atoms with van der Waals surface area (Å²) < 4.78 is 16.9. The van der Waals surface area contributed by atoms with E-state index in [0.717, 1.165) is 43.9 Å². The minimum Gasteiger partial charge on any atom is -0.493 e. The Morgan fingerprint density at radius 3 is 2.54 bits per heavy atom. The van der Waals surface area contributed by atoms with E-state index in [4.69, 9.17) is 14.2 Å². The van der Waals surface area contributed by atoms with E-state index >= 15 is 0 Å². The van der Waals surface area contributed by atoms with Crippen molar-refractivity contribution in [1.82, 2.24) is 4.90 Å². The molecule has 3 atom stereocenters. The van der Waals surface area contributed by atoms with Gasteiger partial charge in [-0.05, 0) is 43.4 Å². The van der Waals surface area contributed by atoms with Gasteiger partial charge in [-0.15, -0.1) is 12.4 Å². The number of halogens is 1. The lowest BCUT2D eigenvalue weighted by atomic mass is 9.91. The number of likely N-dealkylation sites (tertiary alicyclic amines) is 1. The number of methoxy groups -OCH3 is 2. The van der Waals surface area contributed by atoms with Crippen LogP contribution in [0, 0.1) is 0 Å². The summed E-state index contributed by atoms with van der Waals surface area (Å²) in [4.78, 5) is 2.44. The molecule has 1 aliphatic carbocycles. The lowest BCUT2D eigenvalue weighted by Crippen LogP contribution is -2.46. The normalized spacial score (nSPS) is 26.3. The highest BCUT2D eigenvalue weighted by Gasteiger charge is 2.34. The minimum absolute atomic E-state index is 0. The molecule has 0 radical (unpaired) electrons. The third kappa shape index (κ3) is 5.26. The maximum Gasteiger partial charge on any atom is 0.160 e. The Bertz CT molecular complexity index is 557. The molecule has 1 aliphatic heterocycles. The van der Waals surface area contributed by atoms with Crippen molar-refractivity contribution in [3.63, 3.8) is 0 Å². The van der Waals surface area contributed by atoms with Gasteiger partial charge in [0.1, 0.15) is 0 Å². The van der Waals surface area contributed by atoms with Gasteiger partial charge in [-0.3, -0.25) is 4.90 Å². The minimum atomic E-state index is -0.158. The van der Waals surface area contributed by atoms with Crippen molar-refractivity contribution in [1.29, 1.82) is 0 Å². The van der Waals surface area contributed by atoms with E-state index in [-0.39, 0.29) is 18.5 Å². The maximum atomic E-state index is 9.83. The number of hydrogen-bond donors (Lipinski definition) is 1. The van der Waals surface area contributed by atoms with Crippen molar-refractivity contribution in [2.24, 2.45) is 0 Å². The van der Waals surface area contributed by atoms with Gasteiger partial charge < -0.3 is 19.3 Å². The predicted molar refractivity (Wildman–Crippen MR) is 105 cm³/mol. The second-order valence-electron chi connectivity index (χ2n) is 7.14. The van der Waals surface area contributed by atoms with Crippen LogP contribution in [0.2, 0.25) is 0 Å². The predicted octanol–water partition coefficient (Wildman–Crippen LogP) is 3.06. The van der Waals surface area contributed by atoms with Gasteiger partial charge in [0.2, 0.25) is 0 Å². The van der Waals surface area contributed by atoms with Crippen LogP contribution in [0.15, 0.2) is 18.2 Å². The van der Waals surface area contributed by atoms with Crippen molar-refractivity contribution < 1.29 is 19.3 Å². The van der Waals surface area contributed by atoms with E-state index in [1.165, 1.54) is 24.8 Å². The molecule has 0 amide bonds. The third-order valence-corrected chi connectivity index (χ3v) is 5.50. The first-order chi connectivity index (χ1) is 12.2. The standard InChI is InChI=1S/C20H31NO4.ClH/c1-23-19-8-7-15(13-20(19)24-2)10-12-25-18-6-4-3-5-17(18)21-11-9-16(22)14-21;/h7-8,13,16-18,22H,3-6,9-12,14H2,1-2H3;1H/t16-,17-,18-;/m1./s1/i1+1,2+1;. The molecule has 2 fully saturated rings. The number of hydrogen-bond acceptors (Lipinski definition) is 5. The highest BCUT2D eigenvalue weighted by atomic mass is 35.5. The fraction of sp³-hybridized carbons (Fsp3) is 0.700. The van der Waals surface area contributed by atoms with Gasteiger partial charge in [0.05, 0.1) is 33.0 Å². The van der Waals surface area contributed by atoms with Gasteiger partial charge in [-0.25, -0.2) is 0 Å². The molecule has 0 spiro atoms. The largest absolute Gasteiger partial charge is 0.493 e. The van der Waals surface area contributed by atoms with Gasteiger partial charge in [-0.1, -0.05) is 18.9 Å². The van der Waals surface area contributed by atoms with E-state index in [9.17, 15) is 5.11 Å². The van der Waals surface area contributed by atoms with E-state index in [2.05, 4.69) is 11.0 Å². The number of benzene rings is 1. The summed E-state index contributed by atoms with van der Waals surface area (Å²) in [6.45, 7) is 2.52. The summed E-state index contributed by atoms with van der Waals surface area (Å²) in [7, 11) is 3.31. The zero-order valence-electron chi connectivity index (χ0n) is 15.9. The Morgan fingerprint density at radius 1 is 1.08 bits per heavy atom. The molecular formula is C20H32ClNO4. The average Bonchev–Trinajstić information content (AvgIpc) is 3.08. The van der Waals surface area contributed by atoms with Crippen LogP contribution in [0.5, 0.6) is 11.5 Å². The number of nitrogens with zero attached hydrogens (tertiary/aromatic N) is 1. The van der Waals surface area contributed by atoms with Crippen LogP contribution >= 0.6 is 12.4 Å². The van der Waals surface area contributed by atoms with Crippen LogP contribution in [0.25, 0.3) is 0 Å². The first kappa shape index (κ1) is 21.3. The number of aliphatic hydroxyl groups excluding tert-OH is 1. The summed E-state index contributed by atoms with van der Waals surface area (Å²) in [5, 5.41) is 9.83. The molecule has 1 saturated carbocycles. The zero-order valence-corrected chi connectivity index (χ0v) is 16.7. The quantitative estimate of drug-likeness (QED) is 0.729. The smallest absolute Gasteiger partial charge is 0.160 e. The summed E-state index contributed by atoms with van der Waals surface area (Å²) in [5.41, 5.74) is 1.20. The summed E-state index contributed by atoms with van der Waals surface area (Å²) in [6.07, 6.45) is 6.73. The lowest BCUT2D eigenvalue weighted by molar-refractivity contribution is -0.0316. The number of β-amino-alcohol motifs (C(OH)–C–C–N with tert-alkyl or cyclic N) is 1. The monoisotopic (exact) mass is 387 g/mol. The molecule has 1 aromatic rings. The summed E-state index contributed by atoms with van der Waals surface area (Å²) in [5.74, 6) is 1.52. The lowest BCUT2D eigenvalue weighted by Gasteiger charge is -2.37. The molecule has 26 heavy (non-hydrogen) atoms. The molecule has 1 aromatic carbocycles. The maximum absolute atomic E-state index is 9.83. The topological polar surface area (TPSA) is 51.2 Å². The molecule has 6 heteroatoms. The Hall–Kier alpha value is -1.01. The number of aliphatic hydroxyl groups is 1. The average molecular weight is 388 g/mol. The van der Waals surface area contributed by atoms with Crippen LogP contribution in [0.1, 0.15) is 37.7 Å². The number of rotatable bonds is 7. The number of ether oxygens (including phenoxy) is 3. The van der Waals surface area contributed by atoms with Crippen molar-refractivity contribution in [2.75, 3.05) is 33.9 Å². The van der Waals surface area contributed by atoms with E-state index in [0.29, 0.717) is 18.8 Å². The Kier molecular flexibility index (Phi) is 8.48. The van der Waals surface area contributed by atoms with Gasteiger partial charge in [0.15, 0.2) is 11.5 Å². The Balaban J connectivity index is 0.00000243. The second kappa shape index (κ2) is 10.4. The molecule has 0 bridgehead atoms. The molecule has 0 aromatic heterocycles. The summed E-state index contributed by atoms with van der Waals surface area (Å²) >= 11 is 0. The molecule has 1 N–H and O–H groups in total. The molecule has 3 rings (SSSR count). The van der Waals surface area contributed by atoms with Crippen LogP contribution in [-0.4, -0.2) is 62.2 Å². The fourth-order valence-corrected chi connectivity index (χ4v) is 4.12. The van der Waals surface area contributed by atoms with E-state index < -0.39 is 0 Å². The van der Waals surface area contributed by atoms with E-state index in [1.807, 2.05) is 12.1 Å². The molecule has 0 unspecified atom stereocenters. The molecule has 148 valence electrons. The molecule has 1 heterocycles. The van der Waals surface area contributed by atoms with Crippen molar-refractivity contribution in [3.05, 3.63) is 23.8 Å². The van der Waals surface area contributed by atoms with Gasteiger partial charge >= 0.3 is 0 Å². The second-order valence-corrected chi connectivity index (χ2v) is 7.14. The SMILES string of the molecule is Cl.[13CH3]Oc1ccc(CCO[C@@H]2CCCC[C@H]2N2CC[C@@H](O)C2)cc1O[13CH3]. The van der Waals surface area contributed by atoms with Gasteiger partial charge in [-0.2, -0.15) is 0 Å². The zero-order chi connectivity index (χ0) is 17.6. The Morgan fingerprint density at radius 2 is 1.85 bits per heavy atom. The van der Waals surface area contributed by atoms with Gasteiger partial charge in [0.25, 0.3) is 0 Å². The first-order valence-corrected chi connectivity index (χ1v) is 9.46. The van der Waals surface area contributed by atoms with Crippen molar-refractivity contribution >= 4 is 12.4 Å².